The van der Waals surface area contributed by atoms with Gasteiger partial charge in [-0.25, -0.2) is 0 Å². The van der Waals surface area contributed by atoms with Gasteiger partial charge in [-0.2, -0.15) is 0 Å². The number of carbonyl (C=O) groups is 1. The molecule has 0 aliphatic carbocycles. The smallest absolute Gasteiger partial charge is 0.234 e. The summed E-state index contributed by atoms with van der Waals surface area (Å²) in [6.07, 6.45) is 0. The highest BCUT2D eigenvalue weighted by atomic mass is 32.1. The third-order valence-corrected chi connectivity index (χ3v) is 3.77. The Morgan fingerprint density at radius 1 is 1.35 bits per heavy atom. The van der Waals surface area contributed by atoms with Crippen LogP contribution < -0.4 is 15.8 Å². The van der Waals surface area contributed by atoms with E-state index in [-0.39, 0.29) is 11.9 Å². The van der Waals surface area contributed by atoms with Crippen LogP contribution in [0.2, 0.25) is 0 Å². The van der Waals surface area contributed by atoms with Crippen molar-refractivity contribution < 1.29 is 9.53 Å². The van der Waals surface area contributed by atoms with Gasteiger partial charge in [0, 0.05) is 11.4 Å². The Morgan fingerprint density at radius 2 is 2.10 bits per heavy atom. The van der Waals surface area contributed by atoms with Gasteiger partial charge in [0.15, 0.2) is 0 Å². The minimum absolute atomic E-state index is 0.329. The Hall–Kier alpha value is -1.85. The van der Waals surface area contributed by atoms with Crippen molar-refractivity contribution in [3.05, 3.63) is 52.2 Å². The summed E-state index contributed by atoms with van der Waals surface area (Å²) in [4.78, 5) is 12.1. The molecule has 20 heavy (non-hydrogen) atoms. The SMILES string of the molecule is CC(NCc1ccc(OCc2cccs2)cc1)C(N)=O. The molecule has 106 valence electrons. The fraction of sp³-hybridized carbons (Fsp3) is 0.267. The maximum absolute atomic E-state index is 10.9. The molecule has 0 saturated carbocycles. The minimum atomic E-state index is -0.346. The Morgan fingerprint density at radius 3 is 2.70 bits per heavy atom. The molecular weight excluding hydrogens is 272 g/mol. The number of hydrogen-bond donors (Lipinski definition) is 2. The van der Waals surface area contributed by atoms with E-state index in [9.17, 15) is 4.79 Å². The van der Waals surface area contributed by atoms with Gasteiger partial charge in [0.05, 0.1) is 6.04 Å². The topological polar surface area (TPSA) is 64.3 Å². The molecule has 2 rings (SSSR count). The van der Waals surface area contributed by atoms with Crippen molar-refractivity contribution in [3.63, 3.8) is 0 Å². The minimum Gasteiger partial charge on any atom is -0.488 e. The second-order valence-corrected chi connectivity index (χ2v) is 5.55. The van der Waals surface area contributed by atoms with E-state index in [0.717, 1.165) is 11.3 Å². The van der Waals surface area contributed by atoms with Crippen LogP contribution in [-0.4, -0.2) is 11.9 Å². The molecule has 0 radical (unpaired) electrons. The van der Waals surface area contributed by atoms with Crippen LogP contribution in [0.1, 0.15) is 17.4 Å². The molecule has 0 aliphatic rings. The summed E-state index contributed by atoms with van der Waals surface area (Å²) in [5.74, 6) is 0.492. The summed E-state index contributed by atoms with van der Waals surface area (Å²) < 4.78 is 5.69. The van der Waals surface area contributed by atoms with Gasteiger partial charge in [0.25, 0.3) is 0 Å². The number of hydrogen-bond acceptors (Lipinski definition) is 4. The highest BCUT2D eigenvalue weighted by Crippen LogP contribution is 2.16. The van der Waals surface area contributed by atoms with Crippen molar-refractivity contribution in [1.82, 2.24) is 5.32 Å². The van der Waals surface area contributed by atoms with Crippen molar-refractivity contribution in [3.8, 4) is 5.75 Å². The summed E-state index contributed by atoms with van der Waals surface area (Å²) in [6, 6.07) is 11.5. The van der Waals surface area contributed by atoms with E-state index in [1.807, 2.05) is 41.8 Å². The molecule has 0 aliphatic heterocycles. The molecule has 1 amide bonds. The van der Waals surface area contributed by atoms with Crippen molar-refractivity contribution in [2.45, 2.75) is 26.1 Å². The van der Waals surface area contributed by atoms with E-state index in [2.05, 4.69) is 5.32 Å². The molecular formula is C15H18N2O2S. The standard InChI is InChI=1S/C15H18N2O2S/c1-11(15(16)18)17-9-12-4-6-13(7-5-12)19-10-14-3-2-8-20-14/h2-8,11,17H,9-10H2,1H3,(H2,16,18). The fourth-order valence-corrected chi connectivity index (χ4v) is 2.24. The lowest BCUT2D eigenvalue weighted by molar-refractivity contribution is -0.119. The average Bonchev–Trinajstić information content (AvgIpc) is 2.96. The maximum Gasteiger partial charge on any atom is 0.234 e. The second-order valence-electron chi connectivity index (χ2n) is 4.52. The average molecular weight is 290 g/mol. The van der Waals surface area contributed by atoms with Gasteiger partial charge in [-0.1, -0.05) is 18.2 Å². The molecule has 2 aromatic rings. The summed E-state index contributed by atoms with van der Waals surface area (Å²) in [5, 5.41) is 5.09. The molecule has 1 heterocycles. The van der Waals surface area contributed by atoms with E-state index in [1.165, 1.54) is 4.88 Å². The molecule has 0 bridgehead atoms. The van der Waals surface area contributed by atoms with Gasteiger partial charge in [-0.3, -0.25) is 4.79 Å². The first-order chi connectivity index (χ1) is 9.65. The quantitative estimate of drug-likeness (QED) is 0.822. The van der Waals surface area contributed by atoms with Crippen LogP contribution in [-0.2, 0) is 17.9 Å². The molecule has 5 heteroatoms. The van der Waals surface area contributed by atoms with Crippen LogP contribution in [0.5, 0.6) is 5.75 Å². The number of benzene rings is 1. The second kappa shape index (κ2) is 7.07. The first-order valence-electron chi connectivity index (χ1n) is 6.42. The first kappa shape index (κ1) is 14.6. The van der Waals surface area contributed by atoms with Gasteiger partial charge in [-0.05, 0) is 36.1 Å². The molecule has 4 nitrogen and oxygen atoms in total. The molecule has 0 spiro atoms. The number of amides is 1. The monoisotopic (exact) mass is 290 g/mol. The molecule has 0 fully saturated rings. The predicted octanol–water partition coefficient (Wildman–Crippen LogP) is 2.29. The molecule has 1 atom stereocenters. The summed E-state index contributed by atoms with van der Waals surface area (Å²) in [6.45, 7) is 2.95. The third-order valence-electron chi connectivity index (χ3n) is 2.92. The van der Waals surface area contributed by atoms with Gasteiger partial charge in [-0.15, -0.1) is 11.3 Å². The fourth-order valence-electron chi connectivity index (χ4n) is 1.62. The van der Waals surface area contributed by atoms with Crippen molar-refractivity contribution in [2.24, 2.45) is 5.73 Å². The number of carbonyl (C=O) groups excluding carboxylic acids is 1. The normalized spacial score (nSPS) is 12.1. The van der Waals surface area contributed by atoms with Crippen LogP contribution in [0.15, 0.2) is 41.8 Å². The number of nitrogens with two attached hydrogens (primary N) is 1. The van der Waals surface area contributed by atoms with Crippen LogP contribution in [0.25, 0.3) is 0 Å². The van der Waals surface area contributed by atoms with E-state index in [1.54, 1.807) is 18.3 Å². The molecule has 3 N–H and O–H groups in total. The largest absolute Gasteiger partial charge is 0.488 e. The third kappa shape index (κ3) is 4.36. The Bertz CT molecular complexity index is 538. The zero-order chi connectivity index (χ0) is 14.4. The Balaban J connectivity index is 1.82. The van der Waals surface area contributed by atoms with E-state index < -0.39 is 0 Å². The highest BCUT2D eigenvalue weighted by Gasteiger charge is 2.06. The number of nitrogens with one attached hydrogen (secondary N) is 1. The van der Waals surface area contributed by atoms with Crippen molar-refractivity contribution in [1.29, 1.82) is 0 Å². The van der Waals surface area contributed by atoms with E-state index in [0.29, 0.717) is 13.2 Å². The predicted molar refractivity (Wildman–Crippen MR) is 80.6 cm³/mol. The van der Waals surface area contributed by atoms with Crippen LogP contribution >= 0.6 is 11.3 Å². The summed E-state index contributed by atoms with van der Waals surface area (Å²) >= 11 is 1.68. The summed E-state index contributed by atoms with van der Waals surface area (Å²) in [5.41, 5.74) is 6.27. The molecule has 0 saturated heterocycles. The highest BCUT2D eigenvalue weighted by molar-refractivity contribution is 7.09. The van der Waals surface area contributed by atoms with Crippen molar-refractivity contribution in [2.75, 3.05) is 0 Å². The number of primary amides is 1. The summed E-state index contributed by atoms with van der Waals surface area (Å²) in [7, 11) is 0. The lowest BCUT2D eigenvalue weighted by Gasteiger charge is -2.10. The number of rotatable bonds is 7. The Kier molecular flexibility index (Phi) is 5.15. The van der Waals surface area contributed by atoms with Gasteiger partial charge in [0.1, 0.15) is 12.4 Å². The van der Waals surface area contributed by atoms with Gasteiger partial charge < -0.3 is 15.8 Å². The first-order valence-corrected chi connectivity index (χ1v) is 7.30. The Labute approximate surface area is 122 Å². The van der Waals surface area contributed by atoms with Crippen LogP contribution in [0.4, 0.5) is 0 Å². The van der Waals surface area contributed by atoms with Crippen LogP contribution in [0, 0.1) is 0 Å². The zero-order valence-corrected chi connectivity index (χ0v) is 12.2. The molecule has 1 aromatic heterocycles. The lowest BCUT2D eigenvalue weighted by Crippen LogP contribution is -2.38. The van der Waals surface area contributed by atoms with Gasteiger partial charge >= 0.3 is 0 Å². The zero-order valence-electron chi connectivity index (χ0n) is 11.3. The number of ether oxygens (including phenoxy) is 1. The lowest BCUT2D eigenvalue weighted by atomic mass is 10.2. The van der Waals surface area contributed by atoms with E-state index >= 15 is 0 Å². The number of thiophene rings is 1. The van der Waals surface area contributed by atoms with E-state index in [4.69, 9.17) is 10.5 Å². The van der Waals surface area contributed by atoms with Crippen molar-refractivity contribution >= 4 is 17.2 Å². The maximum atomic E-state index is 10.9. The molecule has 1 aromatic carbocycles. The van der Waals surface area contributed by atoms with Crippen LogP contribution in [0.3, 0.4) is 0 Å². The molecule has 1 unspecified atom stereocenters. The van der Waals surface area contributed by atoms with Gasteiger partial charge in [0.2, 0.25) is 5.91 Å².